The second-order valence-corrected chi connectivity index (χ2v) is 14.4. The van der Waals surface area contributed by atoms with Crippen molar-refractivity contribution in [1.82, 2.24) is 19.4 Å². The van der Waals surface area contributed by atoms with Gasteiger partial charge in [-0.2, -0.15) is 0 Å². The largest absolute Gasteiger partial charge is 0.454 e. The van der Waals surface area contributed by atoms with E-state index in [0.717, 1.165) is 94.1 Å². The molecular formula is C51H30N4O. The summed E-state index contributed by atoms with van der Waals surface area (Å²) in [5.41, 5.74) is 12.7. The van der Waals surface area contributed by atoms with E-state index in [2.05, 4.69) is 162 Å². The molecule has 5 heteroatoms. The number of hydrogen-bond acceptors (Lipinski definition) is 4. The van der Waals surface area contributed by atoms with Crippen LogP contribution in [0.1, 0.15) is 0 Å². The average molecular weight is 715 g/mol. The van der Waals surface area contributed by atoms with Crippen LogP contribution in [-0.4, -0.2) is 19.4 Å². The number of pyridine rings is 1. The fraction of sp³-hybridized carbons (Fsp3) is 0. The SMILES string of the molecule is c1ccc(-c2nc(-c3cccc(-c4ccc5oc6c7ccccc7c7nc8ccccc8n7c6c5c4)c3)cc(-c3cc4ccccc4c4ccccc34)n2)cc1. The zero-order chi connectivity index (χ0) is 36.7. The number of nitrogens with zero attached hydrogens (tertiary/aromatic N) is 4. The van der Waals surface area contributed by atoms with Gasteiger partial charge < -0.3 is 4.42 Å². The van der Waals surface area contributed by atoms with Crippen LogP contribution in [0.4, 0.5) is 0 Å². The van der Waals surface area contributed by atoms with Gasteiger partial charge in [0.05, 0.1) is 22.4 Å². The summed E-state index contributed by atoms with van der Waals surface area (Å²) in [7, 11) is 0. The Morgan fingerprint density at radius 1 is 0.411 bits per heavy atom. The van der Waals surface area contributed by atoms with Crippen LogP contribution in [0, 0.1) is 0 Å². The third-order valence-electron chi connectivity index (χ3n) is 11.2. The zero-order valence-electron chi connectivity index (χ0n) is 30.0. The second-order valence-electron chi connectivity index (χ2n) is 14.4. The van der Waals surface area contributed by atoms with E-state index in [1.807, 2.05) is 24.3 Å². The lowest BCUT2D eigenvalue weighted by atomic mass is 9.94. The Morgan fingerprint density at radius 3 is 1.98 bits per heavy atom. The van der Waals surface area contributed by atoms with Gasteiger partial charge in [0.2, 0.25) is 0 Å². The fourth-order valence-corrected chi connectivity index (χ4v) is 8.55. The summed E-state index contributed by atoms with van der Waals surface area (Å²) in [6.07, 6.45) is 0. The van der Waals surface area contributed by atoms with Crippen LogP contribution >= 0.6 is 0 Å². The smallest absolute Gasteiger partial charge is 0.160 e. The van der Waals surface area contributed by atoms with Gasteiger partial charge in [-0.05, 0) is 75.1 Å². The molecule has 5 nitrogen and oxygen atoms in total. The van der Waals surface area contributed by atoms with Gasteiger partial charge in [-0.15, -0.1) is 0 Å². The average Bonchev–Trinajstić information content (AvgIpc) is 3.85. The third-order valence-corrected chi connectivity index (χ3v) is 11.2. The molecule has 0 fully saturated rings. The van der Waals surface area contributed by atoms with Crippen LogP contribution in [0.15, 0.2) is 186 Å². The first kappa shape index (κ1) is 30.8. The number of para-hydroxylation sites is 2. The summed E-state index contributed by atoms with van der Waals surface area (Å²) >= 11 is 0. The zero-order valence-corrected chi connectivity index (χ0v) is 30.0. The quantitative estimate of drug-likeness (QED) is 0.170. The summed E-state index contributed by atoms with van der Waals surface area (Å²) in [5.74, 6) is 0.691. The number of benzene rings is 8. The molecule has 8 aromatic carbocycles. The molecule has 0 saturated carbocycles. The maximum absolute atomic E-state index is 6.68. The van der Waals surface area contributed by atoms with Crippen molar-refractivity contribution in [3.8, 4) is 45.0 Å². The van der Waals surface area contributed by atoms with Crippen LogP contribution in [0.2, 0.25) is 0 Å². The van der Waals surface area contributed by atoms with Crippen LogP contribution in [0.5, 0.6) is 0 Å². The van der Waals surface area contributed by atoms with E-state index in [1.54, 1.807) is 0 Å². The van der Waals surface area contributed by atoms with Crippen molar-refractivity contribution in [2.75, 3.05) is 0 Å². The van der Waals surface area contributed by atoms with E-state index in [-0.39, 0.29) is 0 Å². The highest BCUT2D eigenvalue weighted by atomic mass is 16.3. The van der Waals surface area contributed by atoms with Gasteiger partial charge in [-0.1, -0.05) is 140 Å². The molecule has 4 aromatic heterocycles. The second kappa shape index (κ2) is 11.9. The van der Waals surface area contributed by atoms with E-state index in [0.29, 0.717) is 5.82 Å². The van der Waals surface area contributed by atoms with Crippen molar-refractivity contribution in [1.29, 1.82) is 0 Å². The van der Waals surface area contributed by atoms with Crippen LogP contribution in [0.25, 0.3) is 116 Å². The lowest BCUT2D eigenvalue weighted by Crippen LogP contribution is -1.97. The van der Waals surface area contributed by atoms with Gasteiger partial charge in [0, 0.05) is 32.8 Å². The van der Waals surface area contributed by atoms with Gasteiger partial charge in [0.15, 0.2) is 11.4 Å². The van der Waals surface area contributed by atoms with Gasteiger partial charge in [0.25, 0.3) is 0 Å². The number of fused-ring (bicyclic) bond motifs is 13. The highest BCUT2D eigenvalue weighted by Crippen LogP contribution is 2.41. The molecule has 0 radical (unpaired) electrons. The molecule has 12 aromatic rings. The van der Waals surface area contributed by atoms with Crippen LogP contribution in [-0.2, 0) is 0 Å². The Kier molecular flexibility index (Phi) is 6.56. The predicted molar refractivity (Wildman–Crippen MR) is 230 cm³/mol. The third kappa shape index (κ3) is 4.64. The minimum atomic E-state index is 0.691. The number of furan rings is 1. The van der Waals surface area contributed by atoms with Crippen LogP contribution < -0.4 is 0 Å². The van der Waals surface area contributed by atoms with Crippen LogP contribution in [0.3, 0.4) is 0 Å². The topological polar surface area (TPSA) is 56.2 Å². The van der Waals surface area contributed by atoms with Gasteiger partial charge in [-0.25, -0.2) is 15.0 Å². The lowest BCUT2D eigenvalue weighted by molar-refractivity contribution is 0.672. The van der Waals surface area contributed by atoms with Gasteiger partial charge in [0.1, 0.15) is 16.7 Å². The first-order valence-electron chi connectivity index (χ1n) is 18.9. The maximum atomic E-state index is 6.68. The summed E-state index contributed by atoms with van der Waals surface area (Å²) in [6, 6.07) is 63.7. The highest BCUT2D eigenvalue weighted by molar-refractivity contribution is 6.19. The first-order chi connectivity index (χ1) is 27.7. The fourth-order valence-electron chi connectivity index (χ4n) is 8.55. The van der Waals surface area contributed by atoms with E-state index in [9.17, 15) is 0 Å². The molecule has 0 aliphatic heterocycles. The van der Waals surface area contributed by atoms with Gasteiger partial charge in [-0.3, -0.25) is 4.40 Å². The Labute approximate surface area is 320 Å². The highest BCUT2D eigenvalue weighted by Gasteiger charge is 2.20. The standard InChI is InChI=1S/C51H30N4O/c1-2-13-31(14-3-1)50-52-44(30-45(53-50)41-29-34-15-4-5-18-36(34)37-19-6-7-20-38(37)41)35-17-12-16-32(27-35)33-25-26-47-42(28-33)48-49(56-47)39-21-8-9-22-40(39)51-54-43-23-10-11-24-46(43)55(48)51/h1-30H. The van der Waals surface area contributed by atoms with Crippen molar-refractivity contribution in [2.45, 2.75) is 0 Å². The summed E-state index contributed by atoms with van der Waals surface area (Å²) in [6.45, 7) is 0. The van der Waals surface area contributed by atoms with Crippen molar-refractivity contribution in [3.63, 3.8) is 0 Å². The van der Waals surface area contributed by atoms with E-state index >= 15 is 0 Å². The molecule has 0 N–H and O–H groups in total. The number of imidazole rings is 1. The molecule has 56 heavy (non-hydrogen) atoms. The number of hydrogen-bond donors (Lipinski definition) is 0. The minimum absolute atomic E-state index is 0.691. The predicted octanol–water partition coefficient (Wildman–Crippen LogP) is 13.3. The Bertz CT molecular complexity index is 3540. The van der Waals surface area contributed by atoms with E-state index in [4.69, 9.17) is 19.4 Å². The molecule has 4 heterocycles. The molecule has 0 aliphatic rings. The Balaban J connectivity index is 1.06. The molecule has 0 amide bonds. The molecule has 0 atom stereocenters. The molecular weight excluding hydrogens is 685 g/mol. The van der Waals surface area contributed by atoms with E-state index in [1.165, 1.54) is 16.2 Å². The number of aromatic nitrogens is 4. The molecule has 0 saturated heterocycles. The maximum Gasteiger partial charge on any atom is 0.160 e. The number of rotatable bonds is 4. The minimum Gasteiger partial charge on any atom is -0.454 e. The van der Waals surface area contributed by atoms with E-state index < -0.39 is 0 Å². The van der Waals surface area contributed by atoms with Gasteiger partial charge >= 0.3 is 0 Å². The summed E-state index contributed by atoms with van der Waals surface area (Å²) in [4.78, 5) is 15.5. The molecule has 0 bridgehead atoms. The van der Waals surface area contributed by atoms with Crippen molar-refractivity contribution in [3.05, 3.63) is 182 Å². The molecule has 260 valence electrons. The molecule has 12 rings (SSSR count). The van der Waals surface area contributed by atoms with Crippen molar-refractivity contribution >= 4 is 71.1 Å². The molecule has 0 spiro atoms. The Hall–Kier alpha value is -7.63. The normalized spacial score (nSPS) is 11.9. The summed E-state index contributed by atoms with van der Waals surface area (Å²) in [5, 5.41) is 7.95. The molecule has 0 unspecified atom stereocenters. The lowest BCUT2D eigenvalue weighted by Gasteiger charge is -2.14. The first-order valence-corrected chi connectivity index (χ1v) is 18.9. The Morgan fingerprint density at radius 2 is 1.09 bits per heavy atom. The summed E-state index contributed by atoms with van der Waals surface area (Å²) < 4.78 is 8.95. The van der Waals surface area contributed by atoms with Crippen molar-refractivity contribution < 1.29 is 4.42 Å². The van der Waals surface area contributed by atoms with Crippen molar-refractivity contribution in [2.24, 2.45) is 0 Å². The monoisotopic (exact) mass is 714 g/mol. The molecule has 0 aliphatic carbocycles.